The molecule has 0 aromatic carbocycles. The highest BCUT2D eigenvalue weighted by molar-refractivity contribution is 5.87. The van der Waals surface area contributed by atoms with Crippen molar-refractivity contribution < 1.29 is 14.3 Å². The van der Waals surface area contributed by atoms with Gasteiger partial charge in [0.05, 0.1) is 0 Å². The number of fused-ring (bicyclic) bond motifs is 1. The smallest absolute Gasteiger partial charge is 0.354 e. The minimum Gasteiger partial charge on any atom is -0.477 e. The number of rotatable bonds is 2. The van der Waals surface area contributed by atoms with Crippen molar-refractivity contribution in [2.24, 2.45) is 0 Å². The fraction of sp³-hybridized carbons (Fsp3) is 0.222. The predicted molar refractivity (Wildman–Crippen MR) is 48.1 cm³/mol. The monoisotopic (exact) mass is 192 g/mol. The molecule has 0 saturated heterocycles. The highest BCUT2D eigenvalue weighted by atomic mass is 16.4. The Balaban J connectivity index is 2.59. The number of pyridine rings is 1. The molecular weight excluding hydrogens is 184 g/mol. The summed E-state index contributed by atoms with van der Waals surface area (Å²) in [5.74, 6) is -0.503. The zero-order valence-corrected chi connectivity index (χ0v) is 7.52. The topological polar surface area (TPSA) is 76.2 Å². The molecule has 2 aromatic rings. The van der Waals surface area contributed by atoms with E-state index in [-0.39, 0.29) is 11.4 Å². The van der Waals surface area contributed by atoms with Gasteiger partial charge in [0.25, 0.3) is 0 Å². The quantitative estimate of drug-likeness (QED) is 0.779. The lowest BCUT2D eigenvalue weighted by molar-refractivity contribution is 0.0690. The Morgan fingerprint density at radius 1 is 1.50 bits per heavy atom. The molecule has 2 heterocycles. The first-order valence-electron chi connectivity index (χ1n) is 4.20. The van der Waals surface area contributed by atoms with E-state index in [2.05, 4.69) is 9.97 Å². The van der Waals surface area contributed by atoms with Gasteiger partial charge in [-0.2, -0.15) is 0 Å². The molecule has 0 saturated carbocycles. The molecule has 0 aliphatic heterocycles. The van der Waals surface area contributed by atoms with Gasteiger partial charge in [-0.3, -0.25) is 0 Å². The Morgan fingerprint density at radius 2 is 2.29 bits per heavy atom. The second-order valence-corrected chi connectivity index (χ2v) is 2.79. The summed E-state index contributed by atoms with van der Waals surface area (Å²) in [7, 11) is 0. The van der Waals surface area contributed by atoms with E-state index < -0.39 is 5.97 Å². The van der Waals surface area contributed by atoms with Crippen molar-refractivity contribution >= 4 is 17.2 Å². The fourth-order valence-corrected chi connectivity index (χ4v) is 1.13. The zero-order valence-electron chi connectivity index (χ0n) is 7.52. The number of carboxylic acid groups (broad SMARTS) is 1. The summed E-state index contributed by atoms with van der Waals surface area (Å²) in [5.41, 5.74) is 0.838. The van der Waals surface area contributed by atoms with Crippen LogP contribution in [0.2, 0.25) is 0 Å². The normalized spacial score (nSPS) is 10.6. The molecule has 0 amide bonds. The SMILES string of the molecule is CCc1nc2ccc(C(=O)O)nc2o1. The summed E-state index contributed by atoms with van der Waals surface area (Å²) in [6, 6.07) is 3.00. The van der Waals surface area contributed by atoms with Crippen molar-refractivity contribution in [3.8, 4) is 0 Å². The maximum atomic E-state index is 10.6. The van der Waals surface area contributed by atoms with E-state index in [1.165, 1.54) is 6.07 Å². The average molecular weight is 192 g/mol. The van der Waals surface area contributed by atoms with Crippen LogP contribution in [0.15, 0.2) is 16.5 Å². The second-order valence-electron chi connectivity index (χ2n) is 2.79. The summed E-state index contributed by atoms with van der Waals surface area (Å²) in [5, 5.41) is 8.68. The summed E-state index contributed by atoms with van der Waals surface area (Å²) < 4.78 is 5.22. The number of carbonyl (C=O) groups is 1. The van der Waals surface area contributed by atoms with Crippen molar-refractivity contribution in [3.63, 3.8) is 0 Å². The number of oxazole rings is 1. The summed E-state index contributed by atoms with van der Waals surface area (Å²) in [6.45, 7) is 1.91. The lowest BCUT2D eigenvalue weighted by Crippen LogP contribution is -1.98. The molecule has 0 bridgehead atoms. The van der Waals surface area contributed by atoms with Gasteiger partial charge >= 0.3 is 5.97 Å². The molecule has 0 aliphatic carbocycles. The molecule has 0 radical (unpaired) electrons. The number of hydrogen-bond donors (Lipinski definition) is 1. The molecule has 2 rings (SSSR count). The number of aromatic carboxylic acids is 1. The van der Waals surface area contributed by atoms with E-state index in [1.54, 1.807) is 6.07 Å². The lowest BCUT2D eigenvalue weighted by atomic mass is 10.3. The van der Waals surface area contributed by atoms with E-state index in [9.17, 15) is 4.79 Å². The van der Waals surface area contributed by atoms with E-state index in [1.807, 2.05) is 6.92 Å². The standard InChI is InChI=1S/C9H8N2O3/c1-2-7-10-5-3-4-6(9(12)13)11-8(5)14-7/h3-4H,2H2,1H3,(H,12,13). The van der Waals surface area contributed by atoms with Gasteiger partial charge in [0.2, 0.25) is 5.71 Å². The van der Waals surface area contributed by atoms with Crippen molar-refractivity contribution in [1.29, 1.82) is 0 Å². The van der Waals surface area contributed by atoms with Crippen LogP contribution in [0.3, 0.4) is 0 Å². The Kier molecular flexibility index (Phi) is 1.92. The molecule has 72 valence electrons. The third kappa shape index (κ3) is 1.32. The van der Waals surface area contributed by atoms with Crippen LogP contribution in [0.25, 0.3) is 11.2 Å². The molecule has 0 unspecified atom stereocenters. The first-order chi connectivity index (χ1) is 6.70. The Labute approximate surface area is 79.4 Å². The first kappa shape index (κ1) is 8.68. The van der Waals surface area contributed by atoms with Crippen LogP contribution in [0.4, 0.5) is 0 Å². The maximum Gasteiger partial charge on any atom is 0.354 e. The van der Waals surface area contributed by atoms with Crippen molar-refractivity contribution in [1.82, 2.24) is 9.97 Å². The minimum atomic E-state index is -1.07. The molecule has 0 aliphatic rings. The molecule has 5 heteroatoms. The van der Waals surface area contributed by atoms with Gasteiger partial charge in [-0.25, -0.2) is 14.8 Å². The predicted octanol–water partition coefficient (Wildman–Crippen LogP) is 1.48. The fourth-order valence-electron chi connectivity index (χ4n) is 1.13. The first-order valence-corrected chi connectivity index (χ1v) is 4.20. The number of hydrogen-bond acceptors (Lipinski definition) is 4. The van der Waals surface area contributed by atoms with Crippen molar-refractivity contribution in [2.75, 3.05) is 0 Å². The maximum absolute atomic E-state index is 10.6. The van der Waals surface area contributed by atoms with Gasteiger partial charge in [-0.15, -0.1) is 0 Å². The van der Waals surface area contributed by atoms with Crippen LogP contribution in [-0.4, -0.2) is 21.0 Å². The number of carboxylic acids is 1. The Hall–Kier alpha value is -1.91. The van der Waals surface area contributed by atoms with E-state index >= 15 is 0 Å². The summed E-state index contributed by atoms with van der Waals surface area (Å²) >= 11 is 0. The van der Waals surface area contributed by atoms with Gasteiger partial charge in [0.15, 0.2) is 11.6 Å². The highest BCUT2D eigenvalue weighted by Crippen LogP contribution is 2.14. The van der Waals surface area contributed by atoms with Crippen molar-refractivity contribution in [3.05, 3.63) is 23.7 Å². The van der Waals surface area contributed by atoms with E-state index in [0.29, 0.717) is 17.8 Å². The third-order valence-corrected chi connectivity index (χ3v) is 1.82. The molecule has 14 heavy (non-hydrogen) atoms. The van der Waals surface area contributed by atoms with Gasteiger partial charge in [-0.05, 0) is 12.1 Å². The zero-order chi connectivity index (χ0) is 10.1. The van der Waals surface area contributed by atoms with E-state index in [0.717, 1.165) is 0 Å². The van der Waals surface area contributed by atoms with Gasteiger partial charge in [0.1, 0.15) is 5.52 Å². The second kappa shape index (κ2) is 3.10. The van der Waals surface area contributed by atoms with Crippen LogP contribution in [0.5, 0.6) is 0 Å². The average Bonchev–Trinajstić information content (AvgIpc) is 2.58. The molecule has 0 spiro atoms. The molecule has 1 N–H and O–H groups in total. The molecule has 0 atom stereocenters. The Morgan fingerprint density at radius 3 is 2.93 bits per heavy atom. The number of nitrogens with zero attached hydrogens (tertiary/aromatic N) is 2. The van der Waals surface area contributed by atoms with Crippen molar-refractivity contribution in [2.45, 2.75) is 13.3 Å². The minimum absolute atomic E-state index is 0.0312. The van der Waals surface area contributed by atoms with Gasteiger partial charge in [0, 0.05) is 6.42 Å². The highest BCUT2D eigenvalue weighted by Gasteiger charge is 2.09. The van der Waals surface area contributed by atoms with E-state index in [4.69, 9.17) is 9.52 Å². The Bertz CT molecular complexity index is 490. The van der Waals surface area contributed by atoms with Crippen LogP contribution >= 0.6 is 0 Å². The third-order valence-electron chi connectivity index (χ3n) is 1.82. The summed E-state index contributed by atoms with van der Waals surface area (Å²) in [4.78, 5) is 18.5. The number of aromatic nitrogens is 2. The largest absolute Gasteiger partial charge is 0.477 e. The molecule has 5 nitrogen and oxygen atoms in total. The lowest BCUT2D eigenvalue weighted by Gasteiger charge is -1.90. The van der Waals surface area contributed by atoms with Gasteiger partial charge in [-0.1, -0.05) is 6.92 Å². The molecule has 2 aromatic heterocycles. The van der Waals surface area contributed by atoms with Crippen LogP contribution < -0.4 is 0 Å². The van der Waals surface area contributed by atoms with Gasteiger partial charge < -0.3 is 9.52 Å². The van der Waals surface area contributed by atoms with Crippen LogP contribution in [-0.2, 0) is 6.42 Å². The van der Waals surface area contributed by atoms with Crippen LogP contribution in [0, 0.1) is 0 Å². The number of aryl methyl sites for hydroxylation is 1. The van der Waals surface area contributed by atoms with Crippen LogP contribution in [0.1, 0.15) is 23.3 Å². The molecular formula is C9H8N2O3. The summed E-state index contributed by atoms with van der Waals surface area (Å²) in [6.07, 6.45) is 0.665. The molecule has 0 fully saturated rings.